The molecule has 1 saturated heterocycles. The minimum atomic E-state index is -0.225. The average molecular weight is 396 g/mol. The van der Waals surface area contributed by atoms with E-state index in [2.05, 4.69) is 0 Å². The first-order chi connectivity index (χ1) is 14.0. The van der Waals surface area contributed by atoms with Crippen LogP contribution in [0.25, 0.3) is 0 Å². The molecule has 1 amide bonds. The highest BCUT2D eigenvalue weighted by Crippen LogP contribution is 2.30. The number of ether oxygens (including phenoxy) is 2. The summed E-state index contributed by atoms with van der Waals surface area (Å²) in [6, 6.07) is 12.8. The first kappa shape index (κ1) is 20.7. The molecule has 2 aromatic rings. The highest BCUT2D eigenvalue weighted by Gasteiger charge is 2.30. The predicted molar refractivity (Wildman–Crippen MR) is 113 cm³/mol. The first-order valence-corrected chi connectivity index (χ1v) is 9.78. The van der Waals surface area contributed by atoms with Crippen molar-refractivity contribution < 1.29 is 19.1 Å². The Morgan fingerprint density at radius 2 is 1.76 bits per heavy atom. The van der Waals surface area contributed by atoms with E-state index in [9.17, 15) is 9.59 Å². The van der Waals surface area contributed by atoms with Crippen molar-refractivity contribution in [2.24, 2.45) is 5.92 Å². The zero-order valence-corrected chi connectivity index (χ0v) is 17.5. The van der Waals surface area contributed by atoms with Crippen LogP contribution in [0.15, 0.2) is 42.5 Å². The number of nitrogens with zero attached hydrogens (tertiary/aromatic N) is 2. The molecule has 1 aliphatic rings. The van der Waals surface area contributed by atoms with E-state index in [0.29, 0.717) is 35.7 Å². The van der Waals surface area contributed by atoms with E-state index in [1.807, 2.05) is 43.3 Å². The van der Waals surface area contributed by atoms with Crippen molar-refractivity contribution in [1.82, 2.24) is 4.90 Å². The van der Waals surface area contributed by atoms with E-state index in [1.54, 1.807) is 37.3 Å². The Balaban J connectivity index is 1.79. The van der Waals surface area contributed by atoms with E-state index in [0.717, 1.165) is 18.5 Å². The average Bonchev–Trinajstić information content (AvgIpc) is 2.77. The number of anilines is 1. The SMILES string of the molecule is COc1ccc(C(=O)C2CCCN(C(=O)c3ccccc3N(C)C)C2)cc1OC. The quantitative estimate of drug-likeness (QED) is 0.700. The summed E-state index contributed by atoms with van der Waals surface area (Å²) < 4.78 is 10.6. The molecule has 0 spiro atoms. The number of likely N-dealkylation sites (tertiary alicyclic amines) is 1. The van der Waals surface area contributed by atoms with Gasteiger partial charge in [-0.2, -0.15) is 0 Å². The number of hydrogen-bond donors (Lipinski definition) is 0. The van der Waals surface area contributed by atoms with Gasteiger partial charge in [0, 0.05) is 44.4 Å². The van der Waals surface area contributed by atoms with Crippen LogP contribution in [-0.2, 0) is 0 Å². The van der Waals surface area contributed by atoms with E-state index in [1.165, 1.54) is 0 Å². The summed E-state index contributed by atoms with van der Waals surface area (Å²) in [6.45, 7) is 1.09. The van der Waals surface area contributed by atoms with Crippen molar-refractivity contribution >= 4 is 17.4 Å². The smallest absolute Gasteiger partial charge is 0.255 e. The molecule has 0 aliphatic carbocycles. The minimum Gasteiger partial charge on any atom is -0.493 e. The van der Waals surface area contributed by atoms with Crippen molar-refractivity contribution in [2.75, 3.05) is 46.3 Å². The molecular weight excluding hydrogens is 368 g/mol. The Morgan fingerprint density at radius 1 is 1.03 bits per heavy atom. The first-order valence-electron chi connectivity index (χ1n) is 9.78. The number of methoxy groups -OCH3 is 2. The summed E-state index contributed by atoms with van der Waals surface area (Å²) in [4.78, 5) is 30.0. The van der Waals surface area contributed by atoms with Gasteiger partial charge >= 0.3 is 0 Å². The molecule has 0 saturated carbocycles. The Hall–Kier alpha value is -3.02. The number of rotatable bonds is 6. The van der Waals surface area contributed by atoms with Crippen molar-refractivity contribution in [3.05, 3.63) is 53.6 Å². The van der Waals surface area contributed by atoms with E-state index >= 15 is 0 Å². The molecule has 1 heterocycles. The molecule has 2 aromatic carbocycles. The molecule has 1 fully saturated rings. The summed E-state index contributed by atoms with van der Waals surface area (Å²) in [5.74, 6) is 0.896. The number of ketones is 1. The number of para-hydroxylation sites is 1. The van der Waals surface area contributed by atoms with Gasteiger partial charge in [-0.25, -0.2) is 0 Å². The second kappa shape index (κ2) is 8.99. The molecule has 0 aromatic heterocycles. The van der Waals surface area contributed by atoms with Gasteiger partial charge in [0.1, 0.15) is 0 Å². The summed E-state index contributed by atoms with van der Waals surface area (Å²) in [5, 5.41) is 0. The summed E-state index contributed by atoms with van der Waals surface area (Å²) in [5.41, 5.74) is 2.12. The van der Waals surface area contributed by atoms with Crippen LogP contribution in [0.3, 0.4) is 0 Å². The third kappa shape index (κ3) is 4.36. The number of amides is 1. The van der Waals surface area contributed by atoms with Crippen LogP contribution in [0.2, 0.25) is 0 Å². The maximum atomic E-state index is 13.2. The normalized spacial score (nSPS) is 16.3. The van der Waals surface area contributed by atoms with Crippen LogP contribution < -0.4 is 14.4 Å². The van der Waals surface area contributed by atoms with Crippen LogP contribution in [0.1, 0.15) is 33.6 Å². The van der Waals surface area contributed by atoms with Gasteiger partial charge in [0.25, 0.3) is 5.91 Å². The van der Waals surface area contributed by atoms with Gasteiger partial charge in [-0.15, -0.1) is 0 Å². The lowest BCUT2D eigenvalue weighted by Crippen LogP contribution is -2.42. The maximum Gasteiger partial charge on any atom is 0.255 e. The van der Waals surface area contributed by atoms with Crippen molar-refractivity contribution in [1.29, 1.82) is 0 Å². The van der Waals surface area contributed by atoms with Gasteiger partial charge in [0.05, 0.1) is 19.8 Å². The van der Waals surface area contributed by atoms with Gasteiger partial charge < -0.3 is 19.3 Å². The zero-order valence-electron chi connectivity index (χ0n) is 17.5. The Bertz CT molecular complexity index is 894. The molecule has 0 N–H and O–H groups in total. The lowest BCUT2D eigenvalue weighted by molar-refractivity contribution is 0.0637. The lowest BCUT2D eigenvalue weighted by Gasteiger charge is -2.33. The number of hydrogen-bond acceptors (Lipinski definition) is 5. The highest BCUT2D eigenvalue weighted by molar-refractivity contribution is 6.01. The second-order valence-electron chi connectivity index (χ2n) is 7.44. The topological polar surface area (TPSA) is 59.1 Å². The molecular formula is C23H28N2O4. The van der Waals surface area contributed by atoms with Crippen molar-refractivity contribution in [3.63, 3.8) is 0 Å². The molecule has 0 radical (unpaired) electrons. The van der Waals surface area contributed by atoms with Gasteiger partial charge in [-0.3, -0.25) is 9.59 Å². The number of Topliss-reactive ketones (excluding diaryl/α,β-unsaturated/α-hetero) is 1. The molecule has 29 heavy (non-hydrogen) atoms. The van der Waals surface area contributed by atoms with Crippen LogP contribution in [-0.4, -0.2) is 58.0 Å². The summed E-state index contributed by atoms with van der Waals surface area (Å²) >= 11 is 0. The van der Waals surface area contributed by atoms with Crippen LogP contribution in [0.4, 0.5) is 5.69 Å². The third-order valence-electron chi connectivity index (χ3n) is 5.36. The van der Waals surface area contributed by atoms with Crippen molar-refractivity contribution in [2.45, 2.75) is 12.8 Å². The number of carbonyl (C=O) groups is 2. The highest BCUT2D eigenvalue weighted by atomic mass is 16.5. The summed E-state index contributed by atoms with van der Waals surface area (Å²) in [7, 11) is 6.96. The van der Waals surface area contributed by atoms with Crippen LogP contribution in [0, 0.1) is 5.92 Å². The van der Waals surface area contributed by atoms with E-state index in [-0.39, 0.29) is 17.6 Å². The fourth-order valence-corrected chi connectivity index (χ4v) is 3.82. The van der Waals surface area contributed by atoms with Gasteiger partial charge in [0.2, 0.25) is 0 Å². The predicted octanol–water partition coefficient (Wildman–Crippen LogP) is 3.50. The molecule has 6 heteroatoms. The van der Waals surface area contributed by atoms with Crippen LogP contribution in [0.5, 0.6) is 11.5 Å². The fourth-order valence-electron chi connectivity index (χ4n) is 3.82. The largest absolute Gasteiger partial charge is 0.493 e. The number of piperidine rings is 1. The second-order valence-corrected chi connectivity index (χ2v) is 7.44. The molecule has 0 bridgehead atoms. The standard InChI is InChI=1S/C23H28N2O4/c1-24(2)19-10-6-5-9-18(19)23(27)25-13-7-8-17(15-25)22(26)16-11-12-20(28-3)21(14-16)29-4/h5-6,9-12,14,17H,7-8,13,15H2,1-4H3. The summed E-state index contributed by atoms with van der Waals surface area (Å²) in [6.07, 6.45) is 1.58. The molecule has 154 valence electrons. The monoisotopic (exact) mass is 396 g/mol. The fraction of sp³-hybridized carbons (Fsp3) is 0.391. The molecule has 1 atom stereocenters. The molecule has 3 rings (SSSR count). The maximum absolute atomic E-state index is 13.2. The van der Waals surface area contributed by atoms with Gasteiger partial charge in [-0.1, -0.05) is 12.1 Å². The van der Waals surface area contributed by atoms with E-state index in [4.69, 9.17) is 9.47 Å². The third-order valence-corrected chi connectivity index (χ3v) is 5.36. The van der Waals surface area contributed by atoms with Crippen molar-refractivity contribution in [3.8, 4) is 11.5 Å². The zero-order chi connectivity index (χ0) is 21.0. The Labute approximate surface area is 172 Å². The van der Waals surface area contributed by atoms with Crippen LogP contribution >= 0.6 is 0 Å². The van der Waals surface area contributed by atoms with E-state index < -0.39 is 0 Å². The molecule has 1 unspecified atom stereocenters. The number of carbonyl (C=O) groups excluding carboxylic acids is 2. The molecule has 1 aliphatic heterocycles. The Kier molecular flexibility index (Phi) is 6.42. The Morgan fingerprint density at radius 3 is 2.45 bits per heavy atom. The lowest BCUT2D eigenvalue weighted by atomic mass is 9.89. The van der Waals surface area contributed by atoms with Gasteiger partial charge in [0.15, 0.2) is 17.3 Å². The van der Waals surface area contributed by atoms with Gasteiger partial charge in [-0.05, 0) is 43.2 Å². The molecule has 6 nitrogen and oxygen atoms in total. The number of benzene rings is 2. The minimum absolute atomic E-state index is 0.0286.